The van der Waals surface area contributed by atoms with E-state index in [2.05, 4.69) is 12.1 Å². The molecule has 0 aromatic heterocycles. The van der Waals surface area contributed by atoms with Crippen LogP contribution in [0.15, 0.2) is 30.3 Å². The number of ether oxygens (including phenoxy) is 1. The smallest absolute Gasteiger partial charge is 0.307 e. The van der Waals surface area contributed by atoms with E-state index >= 15 is 0 Å². The molecule has 2 aromatic rings. The first-order valence-electron chi connectivity index (χ1n) is 10.2. The van der Waals surface area contributed by atoms with Crippen LogP contribution in [-0.4, -0.2) is 23.7 Å². The topological polar surface area (TPSA) is 49.8 Å². The van der Waals surface area contributed by atoms with Crippen molar-refractivity contribution in [2.45, 2.75) is 50.7 Å². The number of carboxylic acids is 1. The number of aliphatic carboxylic acids is 1. The predicted molar refractivity (Wildman–Crippen MR) is 109 cm³/mol. The number of fused-ring (bicyclic) bond motifs is 1. The Bertz CT molecular complexity index is 975. The van der Waals surface area contributed by atoms with Gasteiger partial charge in [-0.15, -0.1) is 0 Å². The van der Waals surface area contributed by atoms with Crippen LogP contribution in [0.2, 0.25) is 5.02 Å². The van der Waals surface area contributed by atoms with Crippen LogP contribution < -0.4 is 9.64 Å². The summed E-state index contributed by atoms with van der Waals surface area (Å²) in [6, 6.07) is 9.55. The molecule has 1 aliphatic heterocycles. The molecule has 1 unspecified atom stereocenters. The third-order valence-corrected chi connectivity index (χ3v) is 6.73. The summed E-state index contributed by atoms with van der Waals surface area (Å²) in [7, 11) is 0. The lowest BCUT2D eigenvalue weighted by molar-refractivity contribution is -0.138. The molecule has 1 heterocycles. The van der Waals surface area contributed by atoms with Crippen molar-refractivity contribution in [3.05, 3.63) is 57.9 Å². The molecule has 0 radical (unpaired) electrons. The van der Waals surface area contributed by atoms with E-state index in [1.54, 1.807) is 12.1 Å². The Kier molecular flexibility index (Phi) is 4.66. The van der Waals surface area contributed by atoms with Gasteiger partial charge in [0.2, 0.25) is 0 Å². The van der Waals surface area contributed by atoms with Gasteiger partial charge in [-0.3, -0.25) is 4.79 Å². The lowest BCUT2D eigenvalue weighted by atomic mass is 9.95. The zero-order valence-electron chi connectivity index (χ0n) is 16.0. The Balaban J connectivity index is 1.36. The number of benzene rings is 2. The molecular formula is C23H23ClFNO3. The zero-order chi connectivity index (χ0) is 20.1. The maximum Gasteiger partial charge on any atom is 0.307 e. The maximum atomic E-state index is 14.8. The number of hydrogen-bond donors (Lipinski definition) is 1. The van der Waals surface area contributed by atoms with E-state index in [4.69, 9.17) is 21.4 Å². The lowest BCUT2D eigenvalue weighted by Gasteiger charge is -2.32. The minimum Gasteiger partial charge on any atom is -0.490 e. The Morgan fingerprint density at radius 2 is 2.03 bits per heavy atom. The molecule has 152 valence electrons. The molecule has 2 saturated carbocycles. The van der Waals surface area contributed by atoms with E-state index in [0.717, 1.165) is 36.8 Å². The highest BCUT2D eigenvalue weighted by Gasteiger charge is 2.44. The van der Waals surface area contributed by atoms with Gasteiger partial charge < -0.3 is 14.7 Å². The molecule has 5 rings (SSSR count). The molecule has 0 amide bonds. The number of carbonyl (C=O) groups is 1. The quantitative estimate of drug-likeness (QED) is 0.732. The summed E-state index contributed by atoms with van der Waals surface area (Å²) in [5.41, 5.74) is 3.96. The molecule has 0 spiro atoms. The molecule has 4 nitrogen and oxygen atoms in total. The standard InChI is InChI=1S/C23H23ClFNO3/c24-20-9-17(29-16-2-1-3-16)10-21(22(20)25)26-7-6-13-8-14(4-5-15(13)12-26)18-11-19(18)23(27)28/h4-5,8-10,16,18-19H,1-3,6-7,11-12H2,(H,27,28)/t18-,19?/m0/s1. The van der Waals surface area contributed by atoms with Crippen LogP contribution in [0.25, 0.3) is 0 Å². The molecule has 2 fully saturated rings. The number of anilines is 1. The first kappa shape index (κ1) is 18.7. The molecule has 2 aliphatic carbocycles. The molecule has 1 N–H and O–H groups in total. The van der Waals surface area contributed by atoms with Crippen LogP contribution in [0.3, 0.4) is 0 Å². The monoisotopic (exact) mass is 415 g/mol. The van der Waals surface area contributed by atoms with Crippen molar-refractivity contribution >= 4 is 23.3 Å². The van der Waals surface area contributed by atoms with E-state index < -0.39 is 11.8 Å². The zero-order valence-corrected chi connectivity index (χ0v) is 16.8. The minimum atomic E-state index is -0.713. The number of halogens is 2. The van der Waals surface area contributed by atoms with E-state index in [9.17, 15) is 9.18 Å². The minimum absolute atomic E-state index is 0.0893. The molecule has 0 bridgehead atoms. The summed E-state index contributed by atoms with van der Waals surface area (Å²) >= 11 is 6.16. The van der Waals surface area contributed by atoms with Gasteiger partial charge >= 0.3 is 5.97 Å². The fraction of sp³-hybridized carbons (Fsp3) is 0.435. The van der Waals surface area contributed by atoms with Gasteiger partial charge in [0.05, 0.1) is 22.7 Å². The first-order valence-corrected chi connectivity index (χ1v) is 10.6. The Hall–Kier alpha value is -2.27. The summed E-state index contributed by atoms with van der Waals surface area (Å²) in [4.78, 5) is 13.2. The van der Waals surface area contributed by atoms with E-state index in [-0.39, 0.29) is 23.0 Å². The SMILES string of the molecule is O=C(O)C1C[C@H]1c1ccc2c(c1)CCN(c1cc(OC3CCC3)cc(Cl)c1F)C2. The van der Waals surface area contributed by atoms with Gasteiger partial charge in [0, 0.05) is 25.2 Å². The van der Waals surface area contributed by atoms with Crippen LogP contribution >= 0.6 is 11.6 Å². The van der Waals surface area contributed by atoms with Crippen LogP contribution in [0.4, 0.5) is 10.1 Å². The van der Waals surface area contributed by atoms with E-state index in [1.165, 1.54) is 12.0 Å². The molecule has 29 heavy (non-hydrogen) atoms. The van der Waals surface area contributed by atoms with Gasteiger partial charge in [-0.25, -0.2) is 4.39 Å². The van der Waals surface area contributed by atoms with Crippen LogP contribution in [0.1, 0.15) is 48.3 Å². The van der Waals surface area contributed by atoms with Crippen LogP contribution in [0.5, 0.6) is 5.75 Å². The molecule has 6 heteroatoms. The predicted octanol–water partition coefficient (Wildman–Crippen LogP) is 5.16. The number of carboxylic acid groups (broad SMARTS) is 1. The van der Waals surface area contributed by atoms with E-state index in [1.807, 2.05) is 11.0 Å². The largest absolute Gasteiger partial charge is 0.490 e. The number of rotatable bonds is 5. The maximum absolute atomic E-state index is 14.8. The second kappa shape index (κ2) is 7.21. The highest BCUT2D eigenvalue weighted by atomic mass is 35.5. The third kappa shape index (κ3) is 3.57. The molecule has 0 saturated heterocycles. The van der Waals surface area contributed by atoms with Crippen molar-refractivity contribution in [2.24, 2.45) is 5.92 Å². The third-order valence-electron chi connectivity index (χ3n) is 6.46. The first-order chi connectivity index (χ1) is 14.0. The Morgan fingerprint density at radius 1 is 1.21 bits per heavy atom. The number of hydrogen-bond acceptors (Lipinski definition) is 3. The summed E-state index contributed by atoms with van der Waals surface area (Å²) in [5.74, 6) is -0.605. The fourth-order valence-electron chi connectivity index (χ4n) is 4.38. The van der Waals surface area contributed by atoms with Gasteiger partial charge in [-0.2, -0.15) is 0 Å². The average Bonchev–Trinajstić information content (AvgIpc) is 3.47. The van der Waals surface area contributed by atoms with Crippen molar-refractivity contribution in [2.75, 3.05) is 11.4 Å². The Labute approximate surface area is 174 Å². The molecule has 2 atom stereocenters. The van der Waals surface area contributed by atoms with Crippen LogP contribution in [-0.2, 0) is 17.8 Å². The number of nitrogens with zero attached hydrogens (tertiary/aromatic N) is 1. The van der Waals surface area contributed by atoms with Crippen molar-refractivity contribution in [3.63, 3.8) is 0 Å². The van der Waals surface area contributed by atoms with Gasteiger partial charge in [-0.1, -0.05) is 29.8 Å². The van der Waals surface area contributed by atoms with Gasteiger partial charge in [0.25, 0.3) is 0 Å². The second-order valence-electron chi connectivity index (χ2n) is 8.40. The van der Waals surface area contributed by atoms with Crippen LogP contribution in [0, 0.1) is 11.7 Å². The summed E-state index contributed by atoms with van der Waals surface area (Å²) in [6.45, 7) is 1.28. The van der Waals surface area contributed by atoms with E-state index in [0.29, 0.717) is 24.5 Å². The lowest BCUT2D eigenvalue weighted by Crippen LogP contribution is -2.31. The fourth-order valence-corrected chi connectivity index (χ4v) is 4.58. The second-order valence-corrected chi connectivity index (χ2v) is 8.80. The summed E-state index contributed by atoms with van der Waals surface area (Å²) in [5, 5.41) is 9.26. The molecule has 3 aliphatic rings. The molecular weight excluding hydrogens is 393 g/mol. The van der Waals surface area contributed by atoms with Crippen molar-refractivity contribution < 1.29 is 19.0 Å². The van der Waals surface area contributed by atoms with Gasteiger partial charge in [-0.05, 0) is 54.7 Å². The van der Waals surface area contributed by atoms with Gasteiger partial charge in [0.15, 0.2) is 5.82 Å². The highest BCUT2D eigenvalue weighted by Crippen LogP contribution is 2.48. The summed E-state index contributed by atoms with van der Waals surface area (Å²) in [6.07, 6.45) is 4.96. The van der Waals surface area contributed by atoms with Crippen molar-refractivity contribution in [1.82, 2.24) is 0 Å². The molecule has 2 aromatic carbocycles. The average molecular weight is 416 g/mol. The van der Waals surface area contributed by atoms with Gasteiger partial charge in [0.1, 0.15) is 5.75 Å². The van der Waals surface area contributed by atoms with Crippen molar-refractivity contribution in [1.29, 1.82) is 0 Å². The highest BCUT2D eigenvalue weighted by molar-refractivity contribution is 6.31. The summed E-state index contributed by atoms with van der Waals surface area (Å²) < 4.78 is 20.7. The van der Waals surface area contributed by atoms with Crippen molar-refractivity contribution in [3.8, 4) is 5.75 Å². The Morgan fingerprint density at radius 3 is 2.72 bits per heavy atom. The normalized spacial score (nSPS) is 23.3.